The van der Waals surface area contributed by atoms with Gasteiger partial charge in [0.15, 0.2) is 0 Å². The minimum atomic E-state index is 0.627. The van der Waals surface area contributed by atoms with Gasteiger partial charge in [-0.3, -0.25) is 0 Å². The predicted octanol–water partition coefficient (Wildman–Crippen LogP) is 2.38. The monoisotopic (exact) mass is 225 g/mol. The first kappa shape index (κ1) is 12.2. The Morgan fingerprint density at radius 3 is 2.93 bits per heavy atom. The zero-order valence-electron chi connectivity index (χ0n) is 9.58. The molecule has 0 radical (unpaired) electrons. The molecule has 1 rings (SSSR count). The van der Waals surface area contributed by atoms with Crippen LogP contribution in [0.25, 0.3) is 0 Å². The lowest BCUT2D eigenvalue weighted by Gasteiger charge is -2.13. The highest BCUT2D eigenvalue weighted by Gasteiger charge is 2.04. The van der Waals surface area contributed by atoms with E-state index in [4.69, 9.17) is 5.73 Å². The minimum absolute atomic E-state index is 0.627. The summed E-state index contributed by atoms with van der Waals surface area (Å²) in [5, 5.41) is 3.29. The Kier molecular flexibility index (Phi) is 4.75. The number of thioether (sulfide) groups is 1. The molecule has 3 nitrogen and oxygen atoms in total. The summed E-state index contributed by atoms with van der Waals surface area (Å²) in [5.74, 6) is 2.59. The summed E-state index contributed by atoms with van der Waals surface area (Å²) >= 11 is 1.86. The van der Waals surface area contributed by atoms with E-state index in [0.717, 1.165) is 29.5 Å². The quantitative estimate of drug-likeness (QED) is 0.808. The van der Waals surface area contributed by atoms with Gasteiger partial charge in [0, 0.05) is 12.2 Å². The molecule has 0 amide bonds. The lowest BCUT2D eigenvalue weighted by atomic mass is 10.2. The third kappa shape index (κ3) is 4.00. The van der Waals surface area contributed by atoms with E-state index in [1.807, 2.05) is 30.8 Å². The zero-order valence-corrected chi connectivity index (χ0v) is 10.4. The van der Waals surface area contributed by atoms with Gasteiger partial charge in [-0.05, 0) is 37.0 Å². The second-order valence-electron chi connectivity index (χ2n) is 3.83. The van der Waals surface area contributed by atoms with Gasteiger partial charge in [0.25, 0.3) is 0 Å². The summed E-state index contributed by atoms with van der Waals surface area (Å²) in [5.41, 5.74) is 7.53. The highest BCUT2D eigenvalue weighted by Crippen LogP contribution is 2.16. The highest BCUT2D eigenvalue weighted by molar-refractivity contribution is 7.98. The SMILES string of the molecule is CSCC(C)CNc1nc(C)ccc1N. The molecule has 1 atom stereocenters. The van der Waals surface area contributed by atoms with Crippen molar-refractivity contribution in [1.82, 2.24) is 4.98 Å². The molecule has 0 aliphatic rings. The minimum Gasteiger partial charge on any atom is -0.396 e. The van der Waals surface area contributed by atoms with E-state index < -0.39 is 0 Å². The molecule has 0 saturated carbocycles. The first-order valence-corrected chi connectivity index (χ1v) is 6.48. The number of anilines is 2. The number of nitrogen functional groups attached to an aromatic ring is 1. The third-order valence-electron chi connectivity index (χ3n) is 2.13. The van der Waals surface area contributed by atoms with Crippen molar-refractivity contribution in [1.29, 1.82) is 0 Å². The molecule has 0 spiro atoms. The van der Waals surface area contributed by atoms with E-state index in [2.05, 4.69) is 23.5 Å². The van der Waals surface area contributed by atoms with Gasteiger partial charge >= 0.3 is 0 Å². The number of aryl methyl sites for hydroxylation is 1. The first-order chi connectivity index (χ1) is 7.13. The average Bonchev–Trinajstić information content (AvgIpc) is 2.20. The van der Waals surface area contributed by atoms with Crippen LogP contribution in [-0.2, 0) is 0 Å². The van der Waals surface area contributed by atoms with Crippen molar-refractivity contribution in [3.8, 4) is 0 Å². The third-order valence-corrected chi connectivity index (χ3v) is 3.04. The fourth-order valence-corrected chi connectivity index (χ4v) is 2.01. The molecule has 1 aromatic rings. The van der Waals surface area contributed by atoms with E-state index in [0.29, 0.717) is 5.92 Å². The molecule has 84 valence electrons. The summed E-state index contributed by atoms with van der Waals surface area (Å²) in [6.07, 6.45) is 2.12. The van der Waals surface area contributed by atoms with Crippen molar-refractivity contribution in [2.24, 2.45) is 5.92 Å². The summed E-state index contributed by atoms with van der Waals surface area (Å²) in [7, 11) is 0. The van der Waals surface area contributed by atoms with Crippen molar-refractivity contribution in [3.05, 3.63) is 17.8 Å². The molecule has 0 saturated heterocycles. The number of nitrogens with zero attached hydrogens (tertiary/aromatic N) is 1. The molecule has 0 aliphatic heterocycles. The number of nitrogens with one attached hydrogen (secondary N) is 1. The molecule has 0 bridgehead atoms. The Balaban J connectivity index is 2.53. The average molecular weight is 225 g/mol. The number of rotatable bonds is 5. The van der Waals surface area contributed by atoms with E-state index in [1.165, 1.54) is 0 Å². The first-order valence-electron chi connectivity index (χ1n) is 5.09. The second kappa shape index (κ2) is 5.85. The van der Waals surface area contributed by atoms with Gasteiger partial charge in [0.1, 0.15) is 5.82 Å². The number of hydrogen-bond donors (Lipinski definition) is 2. The van der Waals surface area contributed by atoms with Crippen molar-refractivity contribution < 1.29 is 0 Å². The van der Waals surface area contributed by atoms with Crippen LogP contribution in [-0.4, -0.2) is 23.5 Å². The summed E-state index contributed by atoms with van der Waals surface area (Å²) in [4.78, 5) is 4.36. The van der Waals surface area contributed by atoms with Crippen LogP contribution in [0.5, 0.6) is 0 Å². The van der Waals surface area contributed by atoms with Crippen LogP contribution in [0.3, 0.4) is 0 Å². The van der Waals surface area contributed by atoms with E-state index in [9.17, 15) is 0 Å². The molecule has 0 aliphatic carbocycles. The van der Waals surface area contributed by atoms with E-state index >= 15 is 0 Å². The van der Waals surface area contributed by atoms with Crippen LogP contribution in [0.15, 0.2) is 12.1 Å². The summed E-state index contributed by atoms with van der Waals surface area (Å²) in [6.45, 7) is 5.10. The molecular weight excluding hydrogens is 206 g/mol. The molecule has 0 fully saturated rings. The molecule has 15 heavy (non-hydrogen) atoms. The highest BCUT2D eigenvalue weighted by atomic mass is 32.2. The number of pyridine rings is 1. The van der Waals surface area contributed by atoms with Crippen molar-refractivity contribution in [2.45, 2.75) is 13.8 Å². The van der Waals surface area contributed by atoms with Crippen molar-refractivity contribution in [3.63, 3.8) is 0 Å². The Morgan fingerprint density at radius 1 is 1.53 bits per heavy atom. The maximum absolute atomic E-state index is 5.82. The summed E-state index contributed by atoms with van der Waals surface area (Å²) < 4.78 is 0. The van der Waals surface area contributed by atoms with Crippen LogP contribution < -0.4 is 11.1 Å². The van der Waals surface area contributed by atoms with Gasteiger partial charge < -0.3 is 11.1 Å². The maximum atomic E-state index is 5.82. The smallest absolute Gasteiger partial charge is 0.149 e. The Hall–Kier alpha value is -0.900. The molecule has 1 unspecified atom stereocenters. The van der Waals surface area contributed by atoms with Gasteiger partial charge in [0.2, 0.25) is 0 Å². The fourth-order valence-electron chi connectivity index (χ4n) is 1.32. The zero-order chi connectivity index (χ0) is 11.3. The van der Waals surface area contributed by atoms with Crippen molar-refractivity contribution >= 4 is 23.3 Å². The standard InChI is InChI=1S/C11H19N3S/c1-8(7-15-3)6-13-11-10(12)5-4-9(2)14-11/h4-5,8H,6-7,12H2,1-3H3,(H,13,14). The van der Waals surface area contributed by atoms with Crippen LogP contribution in [0, 0.1) is 12.8 Å². The van der Waals surface area contributed by atoms with Gasteiger partial charge in [-0.2, -0.15) is 11.8 Å². The van der Waals surface area contributed by atoms with Gasteiger partial charge in [0.05, 0.1) is 5.69 Å². The Morgan fingerprint density at radius 2 is 2.27 bits per heavy atom. The van der Waals surface area contributed by atoms with Gasteiger partial charge in [-0.15, -0.1) is 0 Å². The van der Waals surface area contributed by atoms with E-state index in [1.54, 1.807) is 0 Å². The Labute approximate surface area is 95.9 Å². The molecule has 4 heteroatoms. The van der Waals surface area contributed by atoms with E-state index in [-0.39, 0.29) is 0 Å². The van der Waals surface area contributed by atoms with Crippen LogP contribution in [0.1, 0.15) is 12.6 Å². The molecule has 1 aromatic heterocycles. The fraction of sp³-hybridized carbons (Fsp3) is 0.545. The lowest BCUT2D eigenvalue weighted by Crippen LogP contribution is -2.15. The van der Waals surface area contributed by atoms with Gasteiger partial charge in [-0.25, -0.2) is 4.98 Å². The van der Waals surface area contributed by atoms with Crippen molar-refractivity contribution in [2.75, 3.05) is 29.6 Å². The van der Waals surface area contributed by atoms with Gasteiger partial charge in [-0.1, -0.05) is 6.92 Å². The normalized spacial score (nSPS) is 12.5. The predicted molar refractivity (Wildman–Crippen MR) is 69.4 cm³/mol. The lowest BCUT2D eigenvalue weighted by molar-refractivity contribution is 0.699. The largest absolute Gasteiger partial charge is 0.396 e. The molecule has 1 heterocycles. The Bertz CT molecular complexity index is 315. The number of aromatic nitrogens is 1. The van der Waals surface area contributed by atoms with Crippen LogP contribution in [0.4, 0.5) is 11.5 Å². The molecular formula is C11H19N3S. The van der Waals surface area contributed by atoms with Crippen LogP contribution >= 0.6 is 11.8 Å². The molecule has 0 aromatic carbocycles. The topological polar surface area (TPSA) is 50.9 Å². The second-order valence-corrected chi connectivity index (χ2v) is 4.74. The summed E-state index contributed by atoms with van der Waals surface area (Å²) in [6, 6.07) is 3.82. The van der Waals surface area contributed by atoms with Crippen LogP contribution in [0.2, 0.25) is 0 Å². The molecule has 3 N–H and O–H groups in total. The maximum Gasteiger partial charge on any atom is 0.149 e. The number of nitrogens with two attached hydrogens (primary N) is 1. The number of hydrogen-bond acceptors (Lipinski definition) is 4.